The number of aromatic nitrogens is 2. The van der Waals surface area contributed by atoms with E-state index in [1.165, 1.54) is 5.56 Å². The molecule has 1 atom stereocenters. The highest BCUT2D eigenvalue weighted by atomic mass is 16.2. The molecule has 2 heterocycles. The lowest BCUT2D eigenvalue weighted by molar-refractivity contribution is -0.122. The molecule has 0 aliphatic carbocycles. The van der Waals surface area contributed by atoms with Gasteiger partial charge in [0.15, 0.2) is 0 Å². The molecule has 5 heteroatoms. The minimum atomic E-state index is 0.131. The number of imidazole rings is 1. The summed E-state index contributed by atoms with van der Waals surface area (Å²) in [5.41, 5.74) is 1.28. The first-order chi connectivity index (χ1) is 12.6. The molecule has 140 valence electrons. The van der Waals surface area contributed by atoms with Crippen molar-refractivity contribution in [3.8, 4) is 0 Å². The van der Waals surface area contributed by atoms with Crippen LogP contribution in [0.3, 0.4) is 0 Å². The third-order valence-corrected chi connectivity index (χ3v) is 4.89. The molecule has 0 spiro atoms. The van der Waals surface area contributed by atoms with Crippen LogP contribution < -0.4 is 5.32 Å². The topological polar surface area (TPSA) is 50.2 Å². The van der Waals surface area contributed by atoms with Gasteiger partial charge in [0, 0.05) is 37.9 Å². The predicted molar refractivity (Wildman–Crippen MR) is 104 cm³/mol. The van der Waals surface area contributed by atoms with Crippen LogP contribution in [0, 0.1) is 5.92 Å². The van der Waals surface area contributed by atoms with Crippen molar-refractivity contribution in [1.29, 1.82) is 0 Å². The van der Waals surface area contributed by atoms with Gasteiger partial charge in [-0.3, -0.25) is 9.69 Å². The maximum absolute atomic E-state index is 12.1. The molecule has 0 bridgehead atoms. The molecule has 1 fully saturated rings. The van der Waals surface area contributed by atoms with Crippen molar-refractivity contribution in [3.05, 3.63) is 54.1 Å². The van der Waals surface area contributed by atoms with Gasteiger partial charge in [-0.15, -0.1) is 0 Å². The summed E-state index contributed by atoms with van der Waals surface area (Å²) in [7, 11) is 0. The third-order valence-electron chi connectivity index (χ3n) is 4.89. The quantitative estimate of drug-likeness (QED) is 0.832. The van der Waals surface area contributed by atoms with Gasteiger partial charge < -0.3 is 9.88 Å². The lowest BCUT2D eigenvalue weighted by atomic mass is 9.97. The van der Waals surface area contributed by atoms with Gasteiger partial charge in [-0.25, -0.2) is 4.98 Å². The summed E-state index contributed by atoms with van der Waals surface area (Å²) in [4.78, 5) is 19.1. The van der Waals surface area contributed by atoms with Crippen LogP contribution in [0.2, 0.25) is 0 Å². The monoisotopic (exact) mass is 354 g/mol. The zero-order valence-corrected chi connectivity index (χ0v) is 15.9. The summed E-state index contributed by atoms with van der Waals surface area (Å²) in [5, 5.41) is 3.02. The molecule has 1 aliphatic heterocycles. The SMILES string of the molecule is CC(C)CNC(=O)CN1CCC[C@H](c2nccn2Cc2ccccc2)C1. The molecule has 1 aliphatic rings. The Morgan fingerprint density at radius 1 is 1.31 bits per heavy atom. The van der Waals surface area contributed by atoms with Gasteiger partial charge >= 0.3 is 0 Å². The second-order valence-electron chi connectivity index (χ2n) is 7.67. The van der Waals surface area contributed by atoms with E-state index in [2.05, 4.69) is 64.1 Å². The van der Waals surface area contributed by atoms with Crippen molar-refractivity contribution in [2.75, 3.05) is 26.2 Å². The van der Waals surface area contributed by atoms with Crippen LogP contribution in [0.4, 0.5) is 0 Å². The van der Waals surface area contributed by atoms with E-state index >= 15 is 0 Å². The fourth-order valence-corrected chi connectivity index (χ4v) is 3.58. The van der Waals surface area contributed by atoms with Gasteiger partial charge in [0.25, 0.3) is 0 Å². The van der Waals surface area contributed by atoms with E-state index in [-0.39, 0.29) is 5.91 Å². The van der Waals surface area contributed by atoms with Crippen molar-refractivity contribution in [2.24, 2.45) is 5.92 Å². The molecule has 0 radical (unpaired) electrons. The molecule has 1 aromatic carbocycles. The van der Waals surface area contributed by atoms with Crippen LogP contribution in [0.5, 0.6) is 0 Å². The number of nitrogens with zero attached hydrogens (tertiary/aromatic N) is 3. The number of benzene rings is 1. The molecule has 2 aromatic rings. The van der Waals surface area contributed by atoms with E-state index in [9.17, 15) is 4.79 Å². The first-order valence-corrected chi connectivity index (χ1v) is 9.66. The molecule has 5 nitrogen and oxygen atoms in total. The summed E-state index contributed by atoms with van der Waals surface area (Å²) in [5.74, 6) is 2.15. The minimum Gasteiger partial charge on any atom is -0.355 e. The molecule has 1 amide bonds. The van der Waals surface area contributed by atoms with Gasteiger partial charge in [-0.05, 0) is 30.9 Å². The van der Waals surface area contributed by atoms with E-state index in [1.807, 2.05) is 12.3 Å². The Morgan fingerprint density at radius 3 is 2.88 bits per heavy atom. The Labute approximate surface area is 156 Å². The molecule has 0 saturated carbocycles. The van der Waals surface area contributed by atoms with Gasteiger partial charge in [-0.2, -0.15) is 0 Å². The largest absolute Gasteiger partial charge is 0.355 e. The summed E-state index contributed by atoms with van der Waals surface area (Å²) >= 11 is 0. The number of piperidine rings is 1. The van der Waals surface area contributed by atoms with E-state index < -0.39 is 0 Å². The summed E-state index contributed by atoms with van der Waals surface area (Å²) in [6.07, 6.45) is 6.21. The maximum Gasteiger partial charge on any atom is 0.234 e. The molecule has 3 rings (SSSR count). The zero-order valence-electron chi connectivity index (χ0n) is 15.9. The van der Waals surface area contributed by atoms with Crippen LogP contribution in [0.1, 0.15) is 44.0 Å². The van der Waals surface area contributed by atoms with Crippen molar-refractivity contribution >= 4 is 5.91 Å². The average molecular weight is 354 g/mol. The van der Waals surface area contributed by atoms with E-state index in [1.54, 1.807) is 0 Å². The highest BCUT2D eigenvalue weighted by Crippen LogP contribution is 2.26. The number of likely N-dealkylation sites (tertiary alicyclic amines) is 1. The van der Waals surface area contributed by atoms with Crippen LogP contribution >= 0.6 is 0 Å². The first-order valence-electron chi connectivity index (χ1n) is 9.66. The van der Waals surface area contributed by atoms with Crippen molar-refractivity contribution in [1.82, 2.24) is 19.8 Å². The second kappa shape index (κ2) is 8.99. The maximum atomic E-state index is 12.1. The van der Waals surface area contributed by atoms with Gasteiger partial charge in [-0.1, -0.05) is 44.2 Å². The highest BCUT2D eigenvalue weighted by molar-refractivity contribution is 5.78. The zero-order chi connectivity index (χ0) is 18.4. The van der Waals surface area contributed by atoms with Crippen LogP contribution in [-0.4, -0.2) is 46.5 Å². The number of carbonyl (C=O) groups excluding carboxylic acids is 1. The Bertz CT molecular complexity index is 695. The predicted octanol–water partition coefficient (Wildman–Crippen LogP) is 2.88. The van der Waals surface area contributed by atoms with Crippen LogP contribution in [0.15, 0.2) is 42.7 Å². The van der Waals surface area contributed by atoms with Crippen molar-refractivity contribution in [2.45, 2.75) is 39.2 Å². The van der Waals surface area contributed by atoms with E-state index in [4.69, 9.17) is 0 Å². The van der Waals surface area contributed by atoms with Crippen molar-refractivity contribution in [3.63, 3.8) is 0 Å². The smallest absolute Gasteiger partial charge is 0.234 e. The van der Waals surface area contributed by atoms with Gasteiger partial charge in [0.2, 0.25) is 5.91 Å². The van der Waals surface area contributed by atoms with E-state index in [0.29, 0.717) is 18.4 Å². The Balaban J connectivity index is 1.60. The lowest BCUT2D eigenvalue weighted by Crippen LogP contribution is -2.43. The Kier molecular flexibility index (Phi) is 6.45. The first kappa shape index (κ1) is 18.6. The normalized spacial score (nSPS) is 18.2. The lowest BCUT2D eigenvalue weighted by Gasteiger charge is -2.32. The van der Waals surface area contributed by atoms with Crippen molar-refractivity contribution < 1.29 is 4.79 Å². The molecular weight excluding hydrogens is 324 g/mol. The summed E-state index contributed by atoms with van der Waals surface area (Å²) < 4.78 is 2.25. The Morgan fingerprint density at radius 2 is 2.12 bits per heavy atom. The number of amides is 1. The highest BCUT2D eigenvalue weighted by Gasteiger charge is 2.25. The standard InChI is InChI=1S/C21H30N4O/c1-17(2)13-23-20(26)16-24-11-6-9-19(15-24)21-22-10-12-25(21)14-18-7-4-3-5-8-18/h3-5,7-8,10,12,17,19H,6,9,11,13-16H2,1-2H3,(H,23,26)/t19-/m0/s1. The number of carbonyl (C=O) groups is 1. The number of nitrogens with one attached hydrogen (secondary N) is 1. The fourth-order valence-electron chi connectivity index (χ4n) is 3.58. The third kappa shape index (κ3) is 5.18. The molecule has 0 unspecified atom stereocenters. The molecular formula is C21H30N4O. The minimum absolute atomic E-state index is 0.131. The van der Waals surface area contributed by atoms with Crippen LogP contribution in [-0.2, 0) is 11.3 Å². The van der Waals surface area contributed by atoms with E-state index in [0.717, 1.165) is 44.8 Å². The Hall–Kier alpha value is -2.14. The number of hydrogen-bond acceptors (Lipinski definition) is 3. The summed E-state index contributed by atoms with van der Waals surface area (Å²) in [6.45, 7) is 8.21. The fraction of sp³-hybridized carbons (Fsp3) is 0.524. The number of rotatable bonds is 7. The average Bonchev–Trinajstić information content (AvgIpc) is 3.09. The number of hydrogen-bond donors (Lipinski definition) is 1. The second-order valence-corrected chi connectivity index (χ2v) is 7.67. The molecule has 1 N–H and O–H groups in total. The summed E-state index contributed by atoms with van der Waals surface area (Å²) in [6, 6.07) is 10.5. The van der Waals surface area contributed by atoms with Gasteiger partial charge in [0.05, 0.1) is 6.54 Å². The molecule has 26 heavy (non-hydrogen) atoms. The van der Waals surface area contributed by atoms with Crippen LogP contribution in [0.25, 0.3) is 0 Å². The van der Waals surface area contributed by atoms with Gasteiger partial charge in [0.1, 0.15) is 5.82 Å². The molecule has 1 saturated heterocycles. The molecule has 1 aromatic heterocycles.